The normalized spacial score (nSPS) is 28.5. The summed E-state index contributed by atoms with van der Waals surface area (Å²) in [5, 5.41) is 12.0. The lowest BCUT2D eigenvalue weighted by molar-refractivity contribution is -0.0320. The molecule has 0 amide bonds. The number of rotatable bonds is 0. The van der Waals surface area contributed by atoms with Gasteiger partial charge in [-0.1, -0.05) is 9.45 Å². The fourth-order valence-corrected chi connectivity index (χ4v) is 2.25. The van der Waals surface area contributed by atoms with Crippen LogP contribution >= 0.6 is 0 Å². The summed E-state index contributed by atoms with van der Waals surface area (Å²) in [6.07, 6.45) is 0. The Bertz CT molecular complexity index is 154. The lowest BCUT2D eigenvalue weighted by Gasteiger charge is -2.06. The van der Waals surface area contributed by atoms with Crippen LogP contribution in [0.4, 0.5) is 0 Å². The van der Waals surface area contributed by atoms with Gasteiger partial charge in [0.15, 0.2) is 0 Å². The quantitative estimate of drug-likeness (QED) is 0.545. The zero-order valence-corrected chi connectivity index (χ0v) is 6.13. The molecule has 2 nitrogen and oxygen atoms in total. The van der Waals surface area contributed by atoms with E-state index in [2.05, 4.69) is 0 Å². The predicted molar refractivity (Wildman–Crippen MR) is 37.0 cm³/mol. The van der Waals surface area contributed by atoms with E-state index >= 15 is 0 Å². The van der Waals surface area contributed by atoms with Crippen LogP contribution in [-0.2, 0) is 20.6 Å². The van der Waals surface area contributed by atoms with Crippen molar-refractivity contribution in [2.45, 2.75) is 6.92 Å². The highest BCUT2D eigenvalue weighted by atomic mass is 32.8. The molecule has 0 radical (unpaired) electrons. The van der Waals surface area contributed by atoms with E-state index in [4.69, 9.17) is 16.4 Å². The van der Waals surface area contributed by atoms with Crippen LogP contribution in [0, 0.1) is 0 Å². The summed E-state index contributed by atoms with van der Waals surface area (Å²) in [5.41, 5.74) is 0.878. The minimum absolute atomic E-state index is 0.136. The molecule has 4 heteroatoms. The predicted octanol–water partition coefficient (Wildman–Crippen LogP) is 0.590. The van der Waals surface area contributed by atoms with Gasteiger partial charge in [-0.25, -0.2) is 0 Å². The van der Waals surface area contributed by atoms with Crippen molar-refractivity contribution in [2.24, 2.45) is 0 Å². The highest BCUT2D eigenvalue weighted by Gasteiger charge is 2.09. The van der Waals surface area contributed by atoms with Crippen LogP contribution in [0.2, 0.25) is 0 Å². The second kappa shape index (κ2) is 2.13. The molecule has 1 unspecified atom stereocenters. The van der Waals surface area contributed by atoms with Gasteiger partial charge in [0.05, 0.1) is 5.88 Å². The summed E-state index contributed by atoms with van der Waals surface area (Å²) in [4.78, 5) is 0. The number of hydrogen-bond acceptors (Lipinski definition) is 3. The monoisotopic (exact) mass is 149 g/mol. The fraction of sp³-hybridized carbons (Fsp3) is 0.500. The Morgan fingerprint density at radius 1 is 2.00 bits per heavy atom. The summed E-state index contributed by atoms with van der Waals surface area (Å²) in [7, 11) is -0.136. The summed E-state index contributed by atoms with van der Waals surface area (Å²) < 4.78 is 0. The SMILES string of the molecule is CC1=CS(=S)CN1O. The first kappa shape index (κ1) is 6.19. The fourth-order valence-electron chi connectivity index (χ4n) is 0.511. The largest absolute Gasteiger partial charge is 0.288 e. The molecular weight excluding hydrogens is 142 g/mol. The van der Waals surface area contributed by atoms with E-state index in [0.717, 1.165) is 5.70 Å². The van der Waals surface area contributed by atoms with Gasteiger partial charge in [0.2, 0.25) is 0 Å². The van der Waals surface area contributed by atoms with Crippen LogP contribution in [0.5, 0.6) is 0 Å². The first-order chi connectivity index (χ1) is 3.70. The Morgan fingerprint density at radius 3 is 2.75 bits per heavy atom. The van der Waals surface area contributed by atoms with Crippen molar-refractivity contribution in [1.29, 1.82) is 0 Å². The molecule has 8 heavy (non-hydrogen) atoms. The molecule has 1 aliphatic rings. The third kappa shape index (κ3) is 1.07. The molecule has 0 saturated carbocycles. The van der Waals surface area contributed by atoms with Crippen LogP contribution in [0.25, 0.3) is 0 Å². The Kier molecular flexibility index (Phi) is 1.65. The molecule has 0 bridgehead atoms. The summed E-state index contributed by atoms with van der Waals surface area (Å²) >= 11 is 4.91. The molecule has 0 spiro atoms. The topological polar surface area (TPSA) is 23.5 Å². The third-order valence-corrected chi connectivity index (χ3v) is 2.67. The van der Waals surface area contributed by atoms with Crippen LogP contribution in [0.15, 0.2) is 11.1 Å². The number of hydroxylamine groups is 2. The van der Waals surface area contributed by atoms with Crippen molar-refractivity contribution >= 4 is 20.6 Å². The molecule has 0 aromatic rings. The van der Waals surface area contributed by atoms with Gasteiger partial charge in [0.25, 0.3) is 0 Å². The molecule has 0 aromatic carbocycles. The lowest BCUT2D eigenvalue weighted by atomic mass is 10.6. The molecule has 1 rings (SSSR count). The van der Waals surface area contributed by atoms with Crippen LogP contribution in [0.3, 0.4) is 0 Å². The molecule has 1 N–H and O–H groups in total. The second-order valence-corrected chi connectivity index (χ2v) is 4.21. The second-order valence-electron chi connectivity index (χ2n) is 1.67. The molecule has 1 aliphatic heterocycles. The van der Waals surface area contributed by atoms with Crippen LogP contribution in [-0.4, -0.2) is 16.1 Å². The van der Waals surface area contributed by atoms with Crippen LogP contribution in [0.1, 0.15) is 6.92 Å². The molecule has 46 valence electrons. The summed E-state index contributed by atoms with van der Waals surface area (Å²) in [6, 6.07) is 0. The van der Waals surface area contributed by atoms with Crippen molar-refractivity contribution in [2.75, 3.05) is 5.88 Å². The van der Waals surface area contributed by atoms with Gasteiger partial charge in [-0.05, 0) is 23.5 Å². The molecule has 0 aromatic heterocycles. The number of allylic oxidation sites excluding steroid dienone is 1. The van der Waals surface area contributed by atoms with Crippen molar-refractivity contribution in [1.82, 2.24) is 5.06 Å². The van der Waals surface area contributed by atoms with E-state index in [1.165, 1.54) is 5.06 Å². The molecule has 1 heterocycles. The maximum atomic E-state index is 8.87. The van der Waals surface area contributed by atoms with Gasteiger partial charge in [-0.3, -0.25) is 10.3 Å². The zero-order valence-electron chi connectivity index (χ0n) is 4.50. The average molecular weight is 149 g/mol. The highest BCUT2D eigenvalue weighted by molar-refractivity contribution is 8.30. The Hall–Kier alpha value is 0.0700. The van der Waals surface area contributed by atoms with Gasteiger partial charge < -0.3 is 0 Å². The Balaban J connectivity index is 2.73. The molecule has 0 fully saturated rings. The van der Waals surface area contributed by atoms with E-state index in [1.54, 1.807) is 0 Å². The van der Waals surface area contributed by atoms with Gasteiger partial charge >= 0.3 is 0 Å². The van der Waals surface area contributed by atoms with E-state index < -0.39 is 0 Å². The first-order valence-corrected chi connectivity index (χ1v) is 4.60. The van der Waals surface area contributed by atoms with E-state index in [-0.39, 0.29) is 9.45 Å². The minimum Gasteiger partial charge on any atom is -0.288 e. The van der Waals surface area contributed by atoms with Crippen LogP contribution < -0.4 is 0 Å². The maximum absolute atomic E-state index is 8.87. The van der Waals surface area contributed by atoms with Gasteiger partial charge in [-0.2, -0.15) is 0 Å². The summed E-state index contributed by atoms with van der Waals surface area (Å²) in [5.74, 6) is 0.598. The Morgan fingerprint density at radius 2 is 2.62 bits per heavy atom. The van der Waals surface area contributed by atoms with E-state index in [0.29, 0.717) is 5.88 Å². The Labute approximate surface area is 55.3 Å². The lowest BCUT2D eigenvalue weighted by Crippen LogP contribution is -2.12. The first-order valence-electron chi connectivity index (χ1n) is 2.22. The number of nitrogens with zero attached hydrogens (tertiary/aromatic N) is 1. The van der Waals surface area contributed by atoms with Gasteiger partial charge in [0.1, 0.15) is 0 Å². The van der Waals surface area contributed by atoms with E-state index in [9.17, 15) is 0 Å². The number of hydrogen-bond donors (Lipinski definition) is 1. The van der Waals surface area contributed by atoms with E-state index in [1.807, 2.05) is 12.3 Å². The minimum atomic E-state index is -0.136. The van der Waals surface area contributed by atoms with Gasteiger partial charge in [-0.15, -0.1) is 0 Å². The van der Waals surface area contributed by atoms with Crippen molar-refractivity contribution in [3.63, 3.8) is 0 Å². The molecular formula is C4H7NOS2. The molecule has 0 aliphatic carbocycles. The average Bonchev–Trinajstić information content (AvgIpc) is 1.85. The van der Waals surface area contributed by atoms with Gasteiger partial charge in [0, 0.05) is 5.70 Å². The summed E-state index contributed by atoms with van der Waals surface area (Å²) in [6.45, 7) is 1.85. The maximum Gasteiger partial charge on any atom is 0.0987 e. The van der Waals surface area contributed by atoms with Crippen molar-refractivity contribution in [3.05, 3.63) is 11.1 Å². The zero-order chi connectivity index (χ0) is 6.15. The molecule has 1 atom stereocenters. The van der Waals surface area contributed by atoms with Crippen molar-refractivity contribution < 1.29 is 5.21 Å². The van der Waals surface area contributed by atoms with Crippen molar-refractivity contribution in [3.8, 4) is 0 Å². The smallest absolute Gasteiger partial charge is 0.0987 e. The highest BCUT2D eigenvalue weighted by Crippen LogP contribution is 2.10. The standard InChI is InChI=1S/C4H7NOS2/c1-4-2-8(7)3-5(4)6/h2,6H,3H2,1H3. The molecule has 0 saturated heterocycles. The third-order valence-electron chi connectivity index (χ3n) is 0.959.